The first-order valence-electron chi connectivity index (χ1n) is 4.12. The number of aldehydes is 1. The summed E-state index contributed by atoms with van der Waals surface area (Å²) in [6, 6.07) is 3.41. The lowest BCUT2D eigenvalue weighted by Gasteiger charge is -1.93. The first-order chi connectivity index (χ1) is 7.15. The second-order valence-corrected chi connectivity index (χ2v) is 2.33. The van der Waals surface area contributed by atoms with Gasteiger partial charge in [-0.05, 0) is 32.3 Å². The molecule has 0 unspecified atom stereocenters. The van der Waals surface area contributed by atoms with E-state index in [1.807, 2.05) is 14.1 Å². The molecule has 0 aliphatic rings. The van der Waals surface area contributed by atoms with Crippen molar-refractivity contribution >= 4 is 6.29 Å². The van der Waals surface area contributed by atoms with Crippen LogP contribution in [0.15, 0.2) is 18.2 Å². The van der Waals surface area contributed by atoms with E-state index in [9.17, 15) is 9.18 Å². The Morgan fingerprint density at radius 3 is 2.13 bits per heavy atom. The van der Waals surface area contributed by atoms with Crippen LogP contribution in [0, 0.1) is 5.82 Å². The lowest BCUT2D eigenvalue weighted by molar-refractivity contribution is 0.112. The highest BCUT2D eigenvalue weighted by Gasteiger charge is 1.98. The van der Waals surface area contributed by atoms with Crippen molar-refractivity contribution in [1.82, 2.24) is 5.32 Å². The van der Waals surface area contributed by atoms with Gasteiger partial charge in [0.05, 0.1) is 0 Å². The number of aromatic hydroxyl groups is 1. The second-order valence-electron chi connectivity index (χ2n) is 2.33. The Balaban J connectivity index is 0. The maximum absolute atomic E-state index is 12.3. The number of aliphatic hydroxyl groups is 1. The van der Waals surface area contributed by atoms with E-state index in [4.69, 9.17) is 10.2 Å². The Bertz CT molecular complexity index is 279. The Morgan fingerprint density at radius 1 is 1.33 bits per heavy atom. The average molecular weight is 217 g/mol. The van der Waals surface area contributed by atoms with Crippen LogP contribution < -0.4 is 5.32 Å². The zero-order valence-electron chi connectivity index (χ0n) is 8.99. The van der Waals surface area contributed by atoms with Gasteiger partial charge in [0.2, 0.25) is 0 Å². The van der Waals surface area contributed by atoms with Crippen molar-refractivity contribution in [3.05, 3.63) is 29.6 Å². The molecular formula is C10H16FNO3. The first kappa shape index (κ1) is 16.0. The van der Waals surface area contributed by atoms with E-state index in [0.29, 0.717) is 6.29 Å². The zero-order valence-corrected chi connectivity index (χ0v) is 8.99. The minimum Gasteiger partial charge on any atom is -0.505 e. The number of aliphatic hydroxyl groups excluding tert-OH is 1. The number of phenols is 1. The number of hydrogen-bond donors (Lipinski definition) is 3. The number of benzene rings is 1. The predicted octanol–water partition coefficient (Wildman–Crippen LogP) is 0.788. The van der Waals surface area contributed by atoms with Crippen LogP contribution in [0.2, 0.25) is 0 Å². The lowest BCUT2D eigenvalue weighted by Crippen LogP contribution is -1.89. The molecule has 0 atom stereocenters. The summed E-state index contributed by atoms with van der Waals surface area (Å²) < 4.78 is 12.3. The van der Waals surface area contributed by atoms with Crippen molar-refractivity contribution in [1.29, 1.82) is 0 Å². The summed E-state index contributed by atoms with van der Waals surface area (Å²) in [5, 5.41) is 18.4. The molecule has 1 rings (SSSR count). The van der Waals surface area contributed by atoms with Gasteiger partial charge in [0.15, 0.2) is 11.6 Å². The van der Waals surface area contributed by atoms with Crippen molar-refractivity contribution in [2.45, 2.75) is 0 Å². The van der Waals surface area contributed by atoms with Gasteiger partial charge in [0.25, 0.3) is 0 Å². The molecule has 0 amide bonds. The maximum atomic E-state index is 12.3. The summed E-state index contributed by atoms with van der Waals surface area (Å²) >= 11 is 0. The number of hydrogen-bond acceptors (Lipinski definition) is 4. The highest BCUT2D eigenvalue weighted by atomic mass is 19.1. The molecule has 0 aliphatic heterocycles. The van der Waals surface area contributed by atoms with E-state index in [2.05, 4.69) is 5.32 Å². The van der Waals surface area contributed by atoms with Gasteiger partial charge < -0.3 is 15.5 Å². The van der Waals surface area contributed by atoms with Crippen LogP contribution in [-0.4, -0.2) is 37.7 Å². The van der Waals surface area contributed by atoms with Crippen LogP contribution in [0.5, 0.6) is 5.75 Å². The summed E-state index contributed by atoms with van der Waals surface area (Å²) in [5.74, 6) is -1.21. The topological polar surface area (TPSA) is 69.6 Å². The normalized spacial score (nSPS) is 7.80. The largest absolute Gasteiger partial charge is 0.505 e. The van der Waals surface area contributed by atoms with Gasteiger partial charge in [-0.1, -0.05) is 0 Å². The zero-order chi connectivity index (χ0) is 12.3. The van der Waals surface area contributed by atoms with E-state index in [-0.39, 0.29) is 5.56 Å². The fourth-order valence-corrected chi connectivity index (χ4v) is 0.603. The number of rotatable bonds is 1. The minimum absolute atomic E-state index is 0.263. The van der Waals surface area contributed by atoms with Crippen molar-refractivity contribution in [3.8, 4) is 5.75 Å². The van der Waals surface area contributed by atoms with Crippen molar-refractivity contribution in [3.63, 3.8) is 0 Å². The molecule has 4 nitrogen and oxygen atoms in total. The highest BCUT2D eigenvalue weighted by Crippen LogP contribution is 2.14. The van der Waals surface area contributed by atoms with Crippen LogP contribution in [0.25, 0.3) is 0 Å². The third-order valence-corrected chi connectivity index (χ3v) is 1.11. The molecule has 1 aromatic carbocycles. The highest BCUT2D eigenvalue weighted by molar-refractivity contribution is 5.75. The molecule has 0 bridgehead atoms. The van der Waals surface area contributed by atoms with Crippen LogP contribution in [0.1, 0.15) is 10.4 Å². The minimum atomic E-state index is -0.717. The fraction of sp³-hybridized carbons (Fsp3) is 0.300. The van der Waals surface area contributed by atoms with Crippen LogP contribution in [-0.2, 0) is 0 Å². The van der Waals surface area contributed by atoms with Gasteiger partial charge in [0, 0.05) is 12.7 Å². The number of nitrogens with one attached hydrogen (secondary N) is 1. The van der Waals surface area contributed by atoms with Gasteiger partial charge in [-0.25, -0.2) is 4.39 Å². The van der Waals surface area contributed by atoms with Crippen LogP contribution in [0.3, 0.4) is 0 Å². The van der Waals surface area contributed by atoms with Gasteiger partial charge >= 0.3 is 0 Å². The Kier molecular flexibility index (Phi) is 11.3. The van der Waals surface area contributed by atoms with E-state index >= 15 is 0 Å². The lowest BCUT2D eigenvalue weighted by atomic mass is 10.2. The molecular weight excluding hydrogens is 201 g/mol. The van der Waals surface area contributed by atoms with Crippen molar-refractivity contribution < 1.29 is 19.4 Å². The van der Waals surface area contributed by atoms with Gasteiger partial charge in [-0.3, -0.25) is 4.79 Å². The predicted molar refractivity (Wildman–Crippen MR) is 56.6 cm³/mol. The molecule has 0 spiro atoms. The number of carbonyl (C=O) groups is 1. The molecule has 0 saturated heterocycles. The standard InChI is InChI=1S/C7H5FO2.C2H7N.CH4O/c8-6-2-1-5(4-9)3-7(6)10;1-3-2;1-2/h1-4,10H;3H,1-2H3;2H,1H3. The summed E-state index contributed by atoms with van der Waals surface area (Å²) in [4.78, 5) is 10.0. The molecule has 0 radical (unpaired) electrons. The molecule has 0 aliphatic carbocycles. The van der Waals surface area contributed by atoms with E-state index < -0.39 is 11.6 Å². The monoisotopic (exact) mass is 217 g/mol. The molecule has 0 saturated carbocycles. The molecule has 3 N–H and O–H groups in total. The SMILES string of the molecule is CNC.CO.O=Cc1ccc(F)c(O)c1. The summed E-state index contributed by atoms with van der Waals surface area (Å²) in [6.45, 7) is 0. The average Bonchev–Trinajstić information content (AvgIpc) is 2.26. The second kappa shape index (κ2) is 10.6. The van der Waals surface area contributed by atoms with E-state index in [0.717, 1.165) is 19.2 Å². The van der Waals surface area contributed by atoms with Gasteiger partial charge in [0.1, 0.15) is 6.29 Å². The van der Waals surface area contributed by atoms with Crippen molar-refractivity contribution in [2.75, 3.05) is 21.2 Å². The smallest absolute Gasteiger partial charge is 0.164 e. The number of carbonyl (C=O) groups excluding carboxylic acids is 1. The van der Waals surface area contributed by atoms with E-state index in [1.54, 1.807) is 0 Å². The summed E-state index contributed by atoms with van der Waals surface area (Å²) in [6.07, 6.45) is 0.541. The first-order valence-corrected chi connectivity index (χ1v) is 4.12. The number of phenolic OH excluding ortho intramolecular Hbond substituents is 1. The van der Waals surface area contributed by atoms with Crippen LogP contribution in [0.4, 0.5) is 4.39 Å². The fourth-order valence-electron chi connectivity index (χ4n) is 0.603. The molecule has 0 fully saturated rings. The Labute approximate surface area is 88.4 Å². The summed E-state index contributed by atoms with van der Waals surface area (Å²) in [7, 11) is 4.75. The number of halogens is 1. The molecule has 15 heavy (non-hydrogen) atoms. The Morgan fingerprint density at radius 2 is 1.80 bits per heavy atom. The molecule has 0 aromatic heterocycles. The Hall–Kier alpha value is -1.46. The molecule has 5 heteroatoms. The van der Waals surface area contributed by atoms with Crippen molar-refractivity contribution in [2.24, 2.45) is 0 Å². The third kappa shape index (κ3) is 7.60. The third-order valence-electron chi connectivity index (χ3n) is 1.11. The maximum Gasteiger partial charge on any atom is 0.164 e. The quantitative estimate of drug-likeness (QED) is 0.608. The molecule has 1 aromatic rings. The van der Waals surface area contributed by atoms with Gasteiger partial charge in [-0.2, -0.15) is 0 Å². The van der Waals surface area contributed by atoms with E-state index in [1.165, 1.54) is 6.07 Å². The van der Waals surface area contributed by atoms with Gasteiger partial charge in [-0.15, -0.1) is 0 Å². The summed E-state index contributed by atoms with van der Waals surface area (Å²) in [5.41, 5.74) is 0.263. The van der Waals surface area contributed by atoms with Crippen LogP contribution >= 0.6 is 0 Å². The molecule has 86 valence electrons. The molecule has 0 heterocycles.